The molecule has 176 valence electrons. The number of anilines is 1. The van der Waals surface area contributed by atoms with Crippen LogP contribution < -0.4 is 5.32 Å². The highest BCUT2D eigenvalue weighted by molar-refractivity contribution is 7.18. The molecule has 3 N–H and O–H groups in total. The number of aliphatic hydroxyl groups excluding tert-OH is 2. The number of nitrogens with one attached hydrogen (secondary N) is 1. The first kappa shape index (κ1) is 23.5. The Morgan fingerprint density at radius 3 is 2.58 bits per heavy atom. The number of fused-ring (bicyclic) bond motifs is 1. The molecule has 0 amide bonds. The minimum Gasteiger partial charge on any atom is -0.394 e. The Morgan fingerprint density at radius 2 is 1.94 bits per heavy atom. The average Bonchev–Trinajstić information content (AvgIpc) is 3.11. The van der Waals surface area contributed by atoms with Gasteiger partial charge in [0.25, 0.3) is 5.69 Å². The Morgan fingerprint density at radius 1 is 1.24 bits per heavy atom. The zero-order chi connectivity index (χ0) is 23.5. The number of nitro benzene ring substituents is 1. The van der Waals surface area contributed by atoms with Crippen LogP contribution in [0.1, 0.15) is 27.9 Å². The van der Waals surface area contributed by atoms with E-state index in [1.165, 1.54) is 24.3 Å². The van der Waals surface area contributed by atoms with Crippen molar-refractivity contribution in [2.45, 2.75) is 32.5 Å². The van der Waals surface area contributed by atoms with Crippen molar-refractivity contribution >= 4 is 33.1 Å². The molecular formula is C22H27N5O5S. The number of nitro groups is 1. The van der Waals surface area contributed by atoms with Crippen molar-refractivity contribution in [1.82, 2.24) is 14.9 Å². The number of rotatable bonds is 8. The molecule has 1 fully saturated rings. The van der Waals surface area contributed by atoms with Gasteiger partial charge in [-0.25, -0.2) is 9.97 Å². The van der Waals surface area contributed by atoms with E-state index in [2.05, 4.69) is 10.2 Å². The van der Waals surface area contributed by atoms with Gasteiger partial charge in [0.15, 0.2) is 0 Å². The lowest BCUT2D eigenvalue weighted by atomic mass is 10.0. The van der Waals surface area contributed by atoms with Crippen LogP contribution in [0.3, 0.4) is 0 Å². The van der Waals surface area contributed by atoms with Gasteiger partial charge in [-0.2, -0.15) is 0 Å². The summed E-state index contributed by atoms with van der Waals surface area (Å²) in [5.74, 6) is 1.22. The van der Waals surface area contributed by atoms with E-state index in [0.29, 0.717) is 37.0 Å². The molecule has 4 rings (SSSR count). The Labute approximate surface area is 195 Å². The van der Waals surface area contributed by atoms with Crippen LogP contribution in [0.25, 0.3) is 10.2 Å². The summed E-state index contributed by atoms with van der Waals surface area (Å²) in [7, 11) is 0. The molecular weight excluding hydrogens is 446 g/mol. The zero-order valence-corrected chi connectivity index (χ0v) is 19.3. The Balaban J connectivity index is 1.63. The van der Waals surface area contributed by atoms with Crippen LogP contribution in [0, 0.1) is 24.0 Å². The minimum atomic E-state index is -1.09. The summed E-state index contributed by atoms with van der Waals surface area (Å²) in [6.45, 7) is 7.24. The summed E-state index contributed by atoms with van der Waals surface area (Å²) in [6.07, 6.45) is -1.09. The van der Waals surface area contributed by atoms with E-state index >= 15 is 0 Å². The molecule has 3 heterocycles. The largest absolute Gasteiger partial charge is 0.394 e. The highest BCUT2D eigenvalue weighted by Gasteiger charge is 2.24. The second kappa shape index (κ2) is 10.1. The van der Waals surface area contributed by atoms with E-state index in [1.807, 2.05) is 13.8 Å². The highest BCUT2D eigenvalue weighted by atomic mass is 32.1. The predicted octanol–water partition coefficient (Wildman–Crippen LogP) is 2.55. The van der Waals surface area contributed by atoms with Gasteiger partial charge < -0.3 is 20.3 Å². The van der Waals surface area contributed by atoms with Crippen molar-refractivity contribution in [3.05, 3.63) is 56.2 Å². The summed E-state index contributed by atoms with van der Waals surface area (Å²) in [4.78, 5) is 24.2. The van der Waals surface area contributed by atoms with Gasteiger partial charge in [0, 0.05) is 30.1 Å². The fourth-order valence-electron chi connectivity index (χ4n) is 3.85. The summed E-state index contributed by atoms with van der Waals surface area (Å²) in [5, 5.41) is 35.9. The first-order chi connectivity index (χ1) is 15.9. The lowest BCUT2D eigenvalue weighted by Crippen LogP contribution is -2.36. The second-order valence-electron chi connectivity index (χ2n) is 8.07. The molecule has 2 aromatic heterocycles. The number of aromatic nitrogens is 2. The van der Waals surface area contributed by atoms with E-state index in [4.69, 9.17) is 14.7 Å². The van der Waals surface area contributed by atoms with Crippen LogP contribution in [0.15, 0.2) is 24.3 Å². The molecule has 1 aliphatic heterocycles. The van der Waals surface area contributed by atoms with Gasteiger partial charge in [0.1, 0.15) is 22.6 Å². The maximum absolute atomic E-state index is 10.9. The molecule has 1 aliphatic rings. The van der Waals surface area contributed by atoms with Gasteiger partial charge in [0.05, 0.1) is 42.7 Å². The van der Waals surface area contributed by atoms with Crippen LogP contribution in [-0.2, 0) is 11.3 Å². The third-order valence-corrected chi connectivity index (χ3v) is 6.99. The molecule has 10 nitrogen and oxygen atoms in total. The van der Waals surface area contributed by atoms with Crippen LogP contribution in [0.2, 0.25) is 0 Å². The molecule has 0 unspecified atom stereocenters. The van der Waals surface area contributed by atoms with Gasteiger partial charge >= 0.3 is 0 Å². The molecule has 1 saturated heterocycles. The molecule has 33 heavy (non-hydrogen) atoms. The summed E-state index contributed by atoms with van der Waals surface area (Å²) in [6, 6.07) is 4.89. The Bertz CT molecular complexity index is 1130. The molecule has 11 heteroatoms. The summed E-state index contributed by atoms with van der Waals surface area (Å²) >= 11 is 1.59. The molecule has 0 radical (unpaired) electrons. The number of hydrogen-bond donors (Lipinski definition) is 3. The third kappa shape index (κ3) is 5.12. The molecule has 1 aromatic carbocycles. The number of aryl methyl sites for hydroxylation is 2. The number of ether oxygens (including phenoxy) is 1. The fourth-order valence-corrected chi connectivity index (χ4v) is 4.90. The SMILES string of the molecule is Cc1sc2nc(CN3CCOCC3)nc(N[C@@H](CO)[C@H](O)c3ccc([N+](=O)[O-])cc3)c2c1C. The number of nitrogens with zero attached hydrogens (tertiary/aromatic N) is 4. The number of aliphatic hydroxyl groups is 2. The van der Waals surface area contributed by atoms with E-state index < -0.39 is 17.1 Å². The van der Waals surface area contributed by atoms with Crippen LogP contribution >= 0.6 is 11.3 Å². The van der Waals surface area contributed by atoms with E-state index in [1.54, 1.807) is 11.3 Å². The van der Waals surface area contributed by atoms with Gasteiger partial charge in [-0.15, -0.1) is 11.3 Å². The lowest BCUT2D eigenvalue weighted by Gasteiger charge is -2.26. The van der Waals surface area contributed by atoms with Crippen molar-refractivity contribution in [2.75, 3.05) is 38.2 Å². The number of benzene rings is 1. The first-order valence-corrected chi connectivity index (χ1v) is 11.6. The van der Waals surface area contributed by atoms with Crippen LogP contribution in [-0.4, -0.2) is 69.0 Å². The third-order valence-electron chi connectivity index (χ3n) is 5.89. The van der Waals surface area contributed by atoms with Crippen molar-refractivity contribution in [1.29, 1.82) is 0 Å². The van der Waals surface area contributed by atoms with Crippen molar-refractivity contribution in [3.8, 4) is 0 Å². The zero-order valence-electron chi connectivity index (χ0n) is 18.5. The van der Waals surface area contributed by atoms with Gasteiger partial charge in [0.2, 0.25) is 0 Å². The van der Waals surface area contributed by atoms with Crippen molar-refractivity contribution < 1.29 is 19.9 Å². The number of morpholine rings is 1. The number of hydrogen-bond acceptors (Lipinski definition) is 10. The van der Waals surface area contributed by atoms with Crippen LogP contribution in [0.5, 0.6) is 0 Å². The minimum absolute atomic E-state index is 0.0610. The topological polar surface area (TPSA) is 134 Å². The van der Waals surface area contributed by atoms with Gasteiger partial charge in [-0.05, 0) is 37.1 Å². The van der Waals surface area contributed by atoms with E-state index in [-0.39, 0.29) is 12.3 Å². The molecule has 0 bridgehead atoms. The average molecular weight is 474 g/mol. The summed E-state index contributed by atoms with van der Waals surface area (Å²) in [5.41, 5.74) is 1.45. The highest BCUT2D eigenvalue weighted by Crippen LogP contribution is 2.34. The van der Waals surface area contributed by atoms with Crippen LogP contribution in [0.4, 0.5) is 11.5 Å². The van der Waals surface area contributed by atoms with E-state index in [9.17, 15) is 20.3 Å². The molecule has 2 atom stereocenters. The maximum Gasteiger partial charge on any atom is 0.269 e. The standard InChI is InChI=1S/C22H27N5O5S/c1-13-14(2)33-22-19(13)21(24-18(25-22)11-26-7-9-32-10-8-26)23-17(12-28)20(29)15-3-5-16(6-4-15)27(30)31/h3-6,17,20,28-29H,7-12H2,1-2H3,(H,23,24,25)/t17-,20+/m0/s1. The lowest BCUT2D eigenvalue weighted by molar-refractivity contribution is -0.384. The monoisotopic (exact) mass is 473 g/mol. The number of non-ortho nitro benzene ring substituents is 1. The van der Waals surface area contributed by atoms with Crippen molar-refractivity contribution in [2.24, 2.45) is 0 Å². The molecule has 0 spiro atoms. The van der Waals surface area contributed by atoms with Crippen molar-refractivity contribution in [3.63, 3.8) is 0 Å². The normalized spacial score (nSPS) is 16.6. The molecule has 3 aromatic rings. The molecule has 0 aliphatic carbocycles. The predicted molar refractivity (Wildman–Crippen MR) is 126 cm³/mol. The number of thiophene rings is 1. The maximum atomic E-state index is 10.9. The smallest absolute Gasteiger partial charge is 0.269 e. The quantitative estimate of drug-likeness (QED) is 0.333. The fraction of sp³-hybridized carbons (Fsp3) is 0.455. The second-order valence-corrected chi connectivity index (χ2v) is 9.27. The Hall–Kier alpha value is -2.70. The Kier molecular flexibility index (Phi) is 7.15. The summed E-state index contributed by atoms with van der Waals surface area (Å²) < 4.78 is 5.42. The van der Waals surface area contributed by atoms with E-state index in [0.717, 1.165) is 33.7 Å². The van der Waals surface area contributed by atoms with Gasteiger partial charge in [-0.1, -0.05) is 0 Å². The van der Waals surface area contributed by atoms with Gasteiger partial charge in [-0.3, -0.25) is 15.0 Å². The first-order valence-electron chi connectivity index (χ1n) is 10.7. The molecule has 0 saturated carbocycles.